The second kappa shape index (κ2) is 6.26. The van der Waals surface area contributed by atoms with E-state index in [1.807, 2.05) is 13.0 Å². The molecule has 0 radical (unpaired) electrons. The van der Waals surface area contributed by atoms with Gasteiger partial charge in [0.15, 0.2) is 0 Å². The van der Waals surface area contributed by atoms with Crippen LogP contribution in [-0.2, 0) is 11.2 Å². The summed E-state index contributed by atoms with van der Waals surface area (Å²) < 4.78 is 5.30. The number of hydrogen-bond donors (Lipinski definition) is 1. The van der Waals surface area contributed by atoms with Gasteiger partial charge in [0, 0.05) is 7.05 Å². The van der Waals surface area contributed by atoms with E-state index >= 15 is 0 Å². The van der Waals surface area contributed by atoms with E-state index in [9.17, 15) is 9.59 Å². The minimum absolute atomic E-state index is 0.0537. The van der Waals surface area contributed by atoms with Crippen molar-refractivity contribution in [1.29, 1.82) is 0 Å². The van der Waals surface area contributed by atoms with Crippen LogP contribution in [0.4, 0.5) is 0 Å². The van der Waals surface area contributed by atoms with E-state index in [0.29, 0.717) is 0 Å². The molecular formula is C16H17NO4. The van der Waals surface area contributed by atoms with Crippen molar-refractivity contribution < 1.29 is 19.1 Å². The zero-order valence-electron chi connectivity index (χ0n) is 11.9. The second-order valence-electron chi connectivity index (χ2n) is 4.87. The summed E-state index contributed by atoms with van der Waals surface area (Å²) >= 11 is 0. The number of carbonyl (C=O) groups excluding carboxylic acids is 1. The van der Waals surface area contributed by atoms with Crippen LogP contribution in [0, 0.1) is 0 Å². The van der Waals surface area contributed by atoms with Gasteiger partial charge in [0.25, 0.3) is 0 Å². The molecule has 1 aromatic heterocycles. The molecule has 0 fully saturated rings. The highest BCUT2D eigenvalue weighted by molar-refractivity contribution is 5.87. The van der Waals surface area contributed by atoms with Crippen molar-refractivity contribution >= 4 is 11.9 Å². The third-order valence-corrected chi connectivity index (χ3v) is 3.49. The molecule has 0 aliphatic rings. The first-order valence-electron chi connectivity index (χ1n) is 6.60. The van der Waals surface area contributed by atoms with Crippen LogP contribution >= 0.6 is 0 Å². The molecule has 1 N–H and O–H groups in total. The average Bonchev–Trinajstić information content (AvgIpc) is 3.00. The summed E-state index contributed by atoms with van der Waals surface area (Å²) in [5.74, 6) is -0.300. The number of hydrogen-bond acceptors (Lipinski definition) is 3. The van der Waals surface area contributed by atoms with Gasteiger partial charge in [0.2, 0.25) is 5.91 Å². The van der Waals surface area contributed by atoms with Gasteiger partial charge in [-0.2, -0.15) is 0 Å². The molecule has 0 saturated carbocycles. The predicted octanol–water partition coefficient (Wildman–Crippen LogP) is 2.74. The molecule has 1 heterocycles. The number of carboxylic acids is 1. The number of likely N-dealkylation sites (N-methyl/N-ethyl adjacent to an activating group) is 1. The van der Waals surface area contributed by atoms with Gasteiger partial charge in [-0.1, -0.05) is 12.1 Å². The van der Waals surface area contributed by atoms with Crippen molar-refractivity contribution in [3.63, 3.8) is 0 Å². The number of rotatable bonds is 5. The highest BCUT2D eigenvalue weighted by atomic mass is 16.4. The molecule has 1 aromatic carbocycles. The molecule has 1 unspecified atom stereocenters. The number of furan rings is 1. The van der Waals surface area contributed by atoms with Crippen molar-refractivity contribution in [1.82, 2.24) is 4.90 Å². The van der Waals surface area contributed by atoms with Gasteiger partial charge in [-0.15, -0.1) is 0 Å². The van der Waals surface area contributed by atoms with Crippen LogP contribution in [0.5, 0.6) is 0 Å². The van der Waals surface area contributed by atoms with E-state index in [1.54, 1.807) is 36.4 Å². The van der Waals surface area contributed by atoms with Crippen LogP contribution in [0.2, 0.25) is 0 Å². The average molecular weight is 287 g/mol. The maximum atomic E-state index is 12.2. The summed E-state index contributed by atoms with van der Waals surface area (Å²) in [5, 5.41) is 8.84. The summed E-state index contributed by atoms with van der Waals surface area (Å²) in [6, 6.07) is 9.79. The minimum atomic E-state index is -0.976. The number of aromatic carboxylic acids is 1. The number of benzene rings is 1. The third kappa shape index (κ3) is 3.51. The van der Waals surface area contributed by atoms with Gasteiger partial charge in [-0.3, -0.25) is 4.79 Å². The van der Waals surface area contributed by atoms with E-state index < -0.39 is 5.97 Å². The summed E-state index contributed by atoms with van der Waals surface area (Å²) in [5.41, 5.74) is 0.993. The van der Waals surface area contributed by atoms with Gasteiger partial charge >= 0.3 is 5.97 Å². The fourth-order valence-electron chi connectivity index (χ4n) is 2.00. The number of carbonyl (C=O) groups is 2. The molecule has 0 aliphatic heterocycles. The maximum absolute atomic E-state index is 12.2. The molecule has 0 bridgehead atoms. The fourth-order valence-corrected chi connectivity index (χ4v) is 2.00. The van der Waals surface area contributed by atoms with E-state index in [2.05, 4.69) is 0 Å². The first kappa shape index (κ1) is 14.8. The van der Waals surface area contributed by atoms with Crippen molar-refractivity contribution in [3.8, 4) is 0 Å². The lowest BCUT2D eigenvalue weighted by atomic mass is 10.1. The van der Waals surface area contributed by atoms with Gasteiger partial charge in [-0.05, 0) is 36.8 Å². The first-order chi connectivity index (χ1) is 9.99. The Labute approximate surface area is 122 Å². The standard InChI is InChI=1S/C16H17NO4/c1-11(14-4-3-9-21-14)17(2)15(18)10-12-5-7-13(8-6-12)16(19)20/h3-9,11H,10H2,1-2H3,(H,19,20). The number of amides is 1. The van der Waals surface area contributed by atoms with Gasteiger partial charge < -0.3 is 14.4 Å². The summed E-state index contributed by atoms with van der Waals surface area (Å²) in [6.07, 6.45) is 1.80. The van der Waals surface area contributed by atoms with Crippen LogP contribution in [0.25, 0.3) is 0 Å². The van der Waals surface area contributed by atoms with Crippen molar-refractivity contribution in [3.05, 3.63) is 59.5 Å². The molecule has 0 saturated heterocycles. The van der Waals surface area contributed by atoms with Gasteiger partial charge in [0.1, 0.15) is 5.76 Å². The molecular weight excluding hydrogens is 270 g/mol. The Morgan fingerprint density at radius 2 is 1.90 bits per heavy atom. The Kier molecular flexibility index (Phi) is 4.42. The topological polar surface area (TPSA) is 70.8 Å². The van der Waals surface area contributed by atoms with Gasteiger partial charge in [0.05, 0.1) is 24.3 Å². The molecule has 0 spiro atoms. The molecule has 1 atom stereocenters. The molecule has 21 heavy (non-hydrogen) atoms. The van der Waals surface area contributed by atoms with E-state index in [1.165, 1.54) is 12.1 Å². The lowest BCUT2D eigenvalue weighted by molar-refractivity contribution is -0.131. The summed E-state index contributed by atoms with van der Waals surface area (Å²) in [6.45, 7) is 1.89. The molecule has 0 aliphatic carbocycles. The minimum Gasteiger partial charge on any atom is -0.478 e. The zero-order chi connectivity index (χ0) is 15.4. The summed E-state index contributed by atoms with van der Waals surface area (Å²) in [7, 11) is 1.72. The highest BCUT2D eigenvalue weighted by Gasteiger charge is 2.19. The molecule has 2 rings (SSSR count). The van der Waals surface area contributed by atoms with Crippen molar-refractivity contribution in [2.45, 2.75) is 19.4 Å². The molecule has 5 nitrogen and oxygen atoms in total. The van der Waals surface area contributed by atoms with Crippen LogP contribution in [0.1, 0.15) is 34.6 Å². The normalized spacial score (nSPS) is 11.9. The Balaban J connectivity index is 2.02. The van der Waals surface area contributed by atoms with E-state index in [4.69, 9.17) is 9.52 Å². The van der Waals surface area contributed by atoms with Crippen molar-refractivity contribution in [2.75, 3.05) is 7.05 Å². The number of carboxylic acid groups (broad SMARTS) is 1. The largest absolute Gasteiger partial charge is 0.478 e. The second-order valence-corrected chi connectivity index (χ2v) is 4.87. The lowest BCUT2D eigenvalue weighted by Gasteiger charge is -2.23. The Morgan fingerprint density at radius 1 is 1.24 bits per heavy atom. The lowest BCUT2D eigenvalue weighted by Crippen LogP contribution is -2.30. The highest BCUT2D eigenvalue weighted by Crippen LogP contribution is 2.20. The third-order valence-electron chi connectivity index (χ3n) is 3.49. The smallest absolute Gasteiger partial charge is 0.335 e. The maximum Gasteiger partial charge on any atom is 0.335 e. The zero-order valence-corrected chi connectivity index (χ0v) is 11.9. The molecule has 110 valence electrons. The van der Waals surface area contributed by atoms with Crippen LogP contribution in [0.15, 0.2) is 47.1 Å². The first-order valence-corrected chi connectivity index (χ1v) is 6.60. The van der Waals surface area contributed by atoms with Gasteiger partial charge in [-0.25, -0.2) is 4.79 Å². The Hall–Kier alpha value is -2.56. The number of nitrogens with zero attached hydrogens (tertiary/aromatic N) is 1. The Morgan fingerprint density at radius 3 is 2.43 bits per heavy atom. The van der Waals surface area contributed by atoms with Crippen LogP contribution < -0.4 is 0 Å². The quantitative estimate of drug-likeness (QED) is 0.918. The van der Waals surface area contributed by atoms with Crippen LogP contribution in [-0.4, -0.2) is 28.9 Å². The van der Waals surface area contributed by atoms with Crippen molar-refractivity contribution in [2.24, 2.45) is 0 Å². The molecule has 5 heteroatoms. The predicted molar refractivity (Wildman–Crippen MR) is 77.0 cm³/mol. The van der Waals surface area contributed by atoms with E-state index in [0.717, 1.165) is 11.3 Å². The SMILES string of the molecule is CC(c1ccco1)N(C)C(=O)Cc1ccc(C(=O)O)cc1. The molecule has 1 amide bonds. The van der Waals surface area contributed by atoms with Crippen LogP contribution in [0.3, 0.4) is 0 Å². The monoisotopic (exact) mass is 287 g/mol. The van der Waals surface area contributed by atoms with E-state index in [-0.39, 0.29) is 23.9 Å². The summed E-state index contributed by atoms with van der Waals surface area (Å²) in [4.78, 5) is 24.6. The fraction of sp³-hybridized carbons (Fsp3) is 0.250. The molecule has 2 aromatic rings. The Bertz CT molecular complexity index is 616.